The SMILES string of the molecule is [CH2]=[Al][C]1([Al]=[CH2])C=Cc2c(ccc3ccccc23)O1. The van der Waals surface area contributed by atoms with E-state index in [4.69, 9.17) is 4.74 Å². The summed E-state index contributed by atoms with van der Waals surface area (Å²) in [7, 11) is 0. The van der Waals surface area contributed by atoms with Crippen LogP contribution in [-0.4, -0.2) is 43.7 Å². The Kier molecular flexibility index (Phi) is 3.10. The van der Waals surface area contributed by atoms with Crippen molar-refractivity contribution in [1.82, 2.24) is 0 Å². The molecule has 0 radical (unpaired) electrons. The van der Waals surface area contributed by atoms with Crippen molar-refractivity contribution in [3.63, 3.8) is 0 Å². The number of fused-ring (bicyclic) bond motifs is 3. The van der Waals surface area contributed by atoms with Gasteiger partial charge in [0.2, 0.25) is 0 Å². The van der Waals surface area contributed by atoms with E-state index in [-0.39, 0.29) is 32.9 Å². The monoisotopic (exact) mass is 262 g/mol. The van der Waals surface area contributed by atoms with Crippen LogP contribution in [-0.2, 0) is 0 Å². The molecule has 84 valence electrons. The van der Waals surface area contributed by atoms with E-state index in [1.807, 2.05) is 0 Å². The van der Waals surface area contributed by atoms with Crippen LogP contribution in [0.15, 0.2) is 42.5 Å². The van der Waals surface area contributed by atoms with Crippen LogP contribution in [0.2, 0.25) is 0 Å². The van der Waals surface area contributed by atoms with Gasteiger partial charge in [0.25, 0.3) is 0 Å². The fourth-order valence-electron chi connectivity index (χ4n) is 2.28. The third kappa shape index (κ3) is 1.85. The van der Waals surface area contributed by atoms with Gasteiger partial charge in [-0.1, -0.05) is 0 Å². The zero-order valence-corrected chi connectivity index (χ0v) is 12.4. The van der Waals surface area contributed by atoms with Gasteiger partial charge in [-0.15, -0.1) is 0 Å². The van der Waals surface area contributed by atoms with Gasteiger partial charge < -0.3 is 0 Å². The minimum absolute atomic E-state index is 0.0162. The topological polar surface area (TPSA) is 9.23 Å². The molecule has 2 aromatic rings. The molecule has 0 bridgehead atoms. The number of ether oxygens (including phenoxy) is 1. The van der Waals surface area contributed by atoms with Crippen LogP contribution in [0.3, 0.4) is 0 Å². The van der Waals surface area contributed by atoms with Crippen molar-refractivity contribution in [2.45, 2.75) is 3.32 Å². The molecule has 1 aliphatic rings. The summed E-state index contributed by atoms with van der Waals surface area (Å²) in [5.74, 6) is 0.975. The Labute approximate surface area is 119 Å². The Morgan fingerprint density at radius 2 is 1.78 bits per heavy atom. The van der Waals surface area contributed by atoms with E-state index in [0.29, 0.717) is 0 Å². The zero-order chi connectivity index (χ0) is 12.6. The molecule has 0 aromatic heterocycles. The summed E-state index contributed by atoms with van der Waals surface area (Å²) in [5, 5.41) is 10.7. The van der Waals surface area contributed by atoms with Gasteiger partial charge in [0.15, 0.2) is 0 Å². The molecule has 1 nitrogen and oxygen atoms in total. The second-order valence-corrected chi connectivity index (χ2v) is 7.68. The third-order valence-electron chi connectivity index (χ3n) is 3.37. The van der Waals surface area contributed by atoms with Crippen LogP contribution >= 0.6 is 0 Å². The van der Waals surface area contributed by atoms with Crippen LogP contribution in [0.5, 0.6) is 5.75 Å². The molecule has 18 heavy (non-hydrogen) atoms. The molecule has 0 fully saturated rings. The van der Waals surface area contributed by atoms with E-state index in [1.165, 1.54) is 16.3 Å². The van der Waals surface area contributed by atoms with Gasteiger partial charge in [0, 0.05) is 0 Å². The van der Waals surface area contributed by atoms with Gasteiger partial charge in [0.1, 0.15) is 0 Å². The van der Waals surface area contributed by atoms with Crippen molar-refractivity contribution in [3.8, 4) is 5.75 Å². The quantitative estimate of drug-likeness (QED) is 0.754. The molecule has 0 atom stereocenters. The second-order valence-electron chi connectivity index (χ2n) is 4.40. The molecule has 0 unspecified atom stereocenters. The fourth-order valence-corrected chi connectivity index (χ4v) is 3.83. The summed E-state index contributed by atoms with van der Waals surface area (Å²) in [6.07, 6.45) is 4.37. The van der Waals surface area contributed by atoms with E-state index in [2.05, 4.69) is 59.3 Å². The summed E-state index contributed by atoms with van der Waals surface area (Å²) >= 11 is -0.0324. The number of rotatable bonds is 2. The molecule has 0 saturated carbocycles. The first-order valence-corrected chi connectivity index (χ1v) is 8.74. The summed E-state index contributed by atoms with van der Waals surface area (Å²) in [6.45, 7) is 0. The van der Waals surface area contributed by atoms with E-state index < -0.39 is 0 Å². The van der Waals surface area contributed by atoms with Crippen LogP contribution in [0.1, 0.15) is 5.56 Å². The van der Waals surface area contributed by atoms with Crippen molar-refractivity contribution in [2.75, 3.05) is 0 Å². The Bertz CT molecular complexity index is 665. The van der Waals surface area contributed by atoms with Crippen LogP contribution in [0.4, 0.5) is 0 Å². The molecular weight excluding hydrogens is 250 g/mol. The molecule has 1 aliphatic heterocycles. The molecule has 3 rings (SSSR count). The van der Waals surface area contributed by atoms with Gasteiger partial charge in [-0.3, -0.25) is 0 Å². The summed E-state index contributed by atoms with van der Waals surface area (Å²) in [6, 6.07) is 12.6. The molecule has 0 amide bonds. The molecule has 0 saturated heterocycles. The van der Waals surface area contributed by atoms with E-state index in [1.54, 1.807) is 0 Å². The number of hydrogen-bond donors (Lipinski definition) is 0. The number of hydrogen-bond acceptors (Lipinski definition) is 1. The van der Waals surface area contributed by atoms with Crippen LogP contribution in [0, 0.1) is 0 Å². The molecule has 2 aromatic carbocycles. The van der Waals surface area contributed by atoms with Crippen molar-refractivity contribution in [3.05, 3.63) is 48.0 Å². The molecule has 0 aliphatic carbocycles. The Morgan fingerprint density at radius 3 is 2.56 bits per heavy atom. The first-order valence-electron chi connectivity index (χ1n) is 5.95. The maximum atomic E-state index is 6.19. The Hall–Kier alpha value is -0.955. The predicted octanol–water partition coefficient (Wildman–Crippen LogP) is 2.17. The Morgan fingerprint density at radius 1 is 1.00 bits per heavy atom. The van der Waals surface area contributed by atoms with Crippen molar-refractivity contribution in [1.29, 1.82) is 0 Å². The van der Waals surface area contributed by atoms with Crippen molar-refractivity contribution in [2.24, 2.45) is 0 Å². The first kappa shape index (κ1) is 12.1. The molecule has 3 heteroatoms. The standard InChI is InChI=1S/C13H8O.2CH2.2Al/c1-2-5-11-10(4-1)7-8-13-12(11)6-3-9-14-13;;;;/h1-8H;2*1H2;;. The van der Waals surface area contributed by atoms with Crippen molar-refractivity contribution < 1.29 is 4.74 Å². The first-order chi connectivity index (χ1) is 8.78. The van der Waals surface area contributed by atoms with Gasteiger partial charge >= 0.3 is 119 Å². The summed E-state index contributed by atoms with van der Waals surface area (Å²) in [4.78, 5) is 0. The van der Waals surface area contributed by atoms with Crippen LogP contribution in [0.25, 0.3) is 16.8 Å². The van der Waals surface area contributed by atoms with Gasteiger partial charge in [-0.2, -0.15) is 0 Å². The molecule has 0 spiro atoms. The van der Waals surface area contributed by atoms with E-state index in [9.17, 15) is 0 Å². The van der Waals surface area contributed by atoms with Crippen LogP contribution < -0.4 is 4.74 Å². The summed E-state index contributed by atoms with van der Waals surface area (Å²) in [5.41, 5.74) is 1.18. The summed E-state index contributed by atoms with van der Waals surface area (Å²) < 4.78 is 6.02. The minimum atomic E-state index is -0.171. The maximum absolute atomic E-state index is 6.19. The van der Waals surface area contributed by atoms with Gasteiger partial charge in [-0.25, -0.2) is 0 Å². The average Bonchev–Trinajstić information content (AvgIpc) is 2.46. The average molecular weight is 262 g/mol. The van der Waals surface area contributed by atoms with Gasteiger partial charge in [-0.05, 0) is 0 Å². The van der Waals surface area contributed by atoms with E-state index in [0.717, 1.165) is 5.75 Å². The van der Waals surface area contributed by atoms with Crippen molar-refractivity contribution >= 4 is 57.2 Å². The molecule has 0 N–H and O–H groups in total. The number of benzene rings is 2. The predicted molar refractivity (Wildman–Crippen MR) is 82.1 cm³/mol. The third-order valence-corrected chi connectivity index (χ3v) is 6.68. The second kappa shape index (κ2) is 4.62. The Balaban J connectivity index is 2.23. The fraction of sp³-hybridized carbons (Fsp3) is 0.0667. The normalized spacial score (nSPS) is 15.3. The van der Waals surface area contributed by atoms with Gasteiger partial charge in [0.05, 0.1) is 0 Å². The van der Waals surface area contributed by atoms with E-state index >= 15 is 0 Å². The zero-order valence-electron chi connectivity index (χ0n) is 10.1. The molecular formula is C15H12Al2O. The molecule has 1 heterocycles.